The van der Waals surface area contributed by atoms with Crippen molar-refractivity contribution in [3.05, 3.63) is 58.9 Å². The Kier molecular flexibility index (Phi) is 3.76. The van der Waals surface area contributed by atoms with E-state index in [4.69, 9.17) is 11.6 Å². The van der Waals surface area contributed by atoms with Gasteiger partial charge in [-0.05, 0) is 49.1 Å². The third-order valence-corrected chi connectivity index (χ3v) is 4.75. The summed E-state index contributed by atoms with van der Waals surface area (Å²) in [6, 6.07) is 9.45. The molecule has 1 aromatic carbocycles. The lowest BCUT2D eigenvalue weighted by molar-refractivity contribution is -0.109. The SMILES string of the molecule is O=CC1Nc2ccc(Cl)cc2C(C#Cc2ccncc2)(C2CC2)N1. The van der Waals surface area contributed by atoms with Crippen molar-refractivity contribution in [3.63, 3.8) is 0 Å². The number of benzene rings is 1. The van der Waals surface area contributed by atoms with Crippen molar-refractivity contribution >= 4 is 23.6 Å². The van der Waals surface area contributed by atoms with Gasteiger partial charge in [-0.15, -0.1) is 0 Å². The quantitative estimate of drug-likeness (QED) is 0.653. The van der Waals surface area contributed by atoms with Crippen molar-refractivity contribution in [1.82, 2.24) is 10.3 Å². The minimum atomic E-state index is -0.569. The number of hydrogen-bond donors (Lipinski definition) is 2. The first kappa shape index (κ1) is 15.2. The molecule has 0 amide bonds. The van der Waals surface area contributed by atoms with E-state index in [0.29, 0.717) is 10.9 Å². The van der Waals surface area contributed by atoms with Crippen LogP contribution in [0.3, 0.4) is 0 Å². The van der Waals surface area contributed by atoms with Crippen LogP contribution in [0, 0.1) is 17.8 Å². The highest BCUT2D eigenvalue weighted by atomic mass is 35.5. The summed E-state index contributed by atoms with van der Waals surface area (Å²) >= 11 is 6.23. The first-order chi connectivity index (χ1) is 11.7. The molecule has 1 aliphatic carbocycles. The summed E-state index contributed by atoms with van der Waals surface area (Å²) < 4.78 is 0. The van der Waals surface area contributed by atoms with Gasteiger partial charge in [0.15, 0.2) is 6.29 Å². The van der Waals surface area contributed by atoms with Crippen LogP contribution >= 0.6 is 11.6 Å². The average Bonchev–Trinajstić information content (AvgIpc) is 3.46. The highest BCUT2D eigenvalue weighted by Gasteiger charge is 2.50. The number of anilines is 1. The summed E-state index contributed by atoms with van der Waals surface area (Å²) in [4.78, 5) is 15.5. The van der Waals surface area contributed by atoms with Crippen LogP contribution in [-0.4, -0.2) is 17.4 Å². The molecule has 5 heteroatoms. The van der Waals surface area contributed by atoms with E-state index in [0.717, 1.165) is 35.9 Å². The fraction of sp³-hybridized carbons (Fsp3) is 0.263. The molecule has 1 fully saturated rings. The number of pyridine rings is 1. The van der Waals surface area contributed by atoms with Crippen LogP contribution in [0.5, 0.6) is 0 Å². The van der Waals surface area contributed by atoms with Gasteiger partial charge in [0, 0.05) is 34.2 Å². The second-order valence-electron chi connectivity index (χ2n) is 6.16. The maximum atomic E-state index is 11.4. The molecule has 2 N–H and O–H groups in total. The van der Waals surface area contributed by atoms with Gasteiger partial charge in [0.05, 0.1) is 0 Å². The Labute approximate surface area is 145 Å². The molecule has 1 saturated carbocycles. The Morgan fingerprint density at radius 3 is 2.75 bits per heavy atom. The number of rotatable bonds is 2. The van der Waals surface area contributed by atoms with E-state index < -0.39 is 11.7 Å². The van der Waals surface area contributed by atoms with Gasteiger partial charge in [-0.3, -0.25) is 15.1 Å². The van der Waals surface area contributed by atoms with E-state index >= 15 is 0 Å². The Bertz CT molecular complexity index is 839. The van der Waals surface area contributed by atoms with Crippen LogP contribution in [-0.2, 0) is 10.3 Å². The molecule has 2 aromatic rings. The van der Waals surface area contributed by atoms with Crippen molar-refractivity contribution in [1.29, 1.82) is 0 Å². The summed E-state index contributed by atoms with van der Waals surface area (Å²) in [6.45, 7) is 0. The number of carbonyl (C=O) groups excluding carboxylic acids is 1. The molecule has 4 nitrogen and oxygen atoms in total. The molecular weight excluding hydrogens is 322 g/mol. The topological polar surface area (TPSA) is 54.0 Å². The molecule has 2 atom stereocenters. The summed E-state index contributed by atoms with van der Waals surface area (Å²) in [5.41, 5.74) is 2.25. The maximum Gasteiger partial charge on any atom is 0.157 e. The minimum absolute atomic E-state index is 0.369. The largest absolute Gasteiger partial charge is 0.364 e. The molecule has 1 aliphatic heterocycles. The molecule has 0 saturated heterocycles. The normalized spacial score (nSPS) is 25.0. The van der Waals surface area contributed by atoms with Gasteiger partial charge in [-0.25, -0.2) is 0 Å². The van der Waals surface area contributed by atoms with Gasteiger partial charge in [0.2, 0.25) is 0 Å². The van der Waals surface area contributed by atoms with Gasteiger partial charge >= 0.3 is 0 Å². The van der Waals surface area contributed by atoms with Crippen LogP contribution in [0.4, 0.5) is 5.69 Å². The summed E-state index contributed by atoms with van der Waals surface area (Å²) in [6.07, 6.45) is 6.02. The van der Waals surface area contributed by atoms with Crippen molar-refractivity contribution in [2.45, 2.75) is 24.5 Å². The Morgan fingerprint density at radius 1 is 1.25 bits per heavy atom. The molecule has 0 bridgehead atoms. The zero-order valence-corrected chi connectivity index (χ0v) is 13.7. The van der Waals surface area contributed by atoms with Gasteiger partial charge in [0.25, 0.3) is 0 Å². The first-order valence-electron chi connectivity index (χ1n) is 7.94. The number of nitrogens with zero attached hydrogens (tertiary/aromatic N) is 1. The number of halogens is 1. The molecule has 0 radical (unpaired) electrons. The molecule has 1 aromatic heterocycles. The zero-order chi connectivity index (χ0) is 16.6. The van der Waals surface area contributed by atoms with E-state index in [-0.39, 0.29) is 0 Å². The molecule has 2 unspecified atom stereocenters. The van der Waals surface area contributed by atoms with Crippen molar-refractivity contribution in [3.8, 4) is 11.8 Å². The fourth-order valence-corrected chi connectivity index (χ4v) is 3.40. The second kappa shape index (κ2) is 5.94. The Morgan fingerprint density at radius 2 is 2.04 bits per heavy atom. The van der Waals surface area contributed by atoms with E-state index in [1.54, 1.807) is 12.4 Å². The standard InChI is InChI=1S/C19H16ClN3O/c20-15-3-4-17-16(11-15)19(14-1-2-14,23-18(12-24)22-17)8-5-13-6-9-21-10-7-13/h3-4,6-7,9-12,14,18,22-23H,1-2H2. The summed E-state index contributed by atoms with van der Waals surface area (Å²) in [5, 5.41) is 7.26. The van der Waals surface area contributed by atoms with E-state index in [9.17, 15) is 4.79 Å². The third-order valence-electron chi connectivity index (χ3n) is 4.51. The molecule has 2 heterocycles. The lowest BCUT2D eigenvalue weighted by Crippen LogP contribution is -2.56. The number of carbonyl (C=O) groups is 1. The molecular formula is C19H16ClN3O. The van der Waals surface area contributed by atoms with Crippen LogP contribution in [0.1, 0.15) is 24.0 Å². The number of nitrogens with one attached hydrogen (secondary N) is 2. The molecule has 24 heavy (non-hydrogen) atoms. The van der Waals surface area contributed by atoms with Crippen LogP contribution in [0.2, 0.25) is 5.02 Å². The fourth-order valence-electron chi connectivity index (χ4n) is 3.23. The van der Waals surface area contributed by atoms with E-state index in [2.05, 4.69) is 27.5 Å². The van der Waals surface area contributed by atoms with Crippen molar-refractivity contribution < 1.29 is 4.79 Å². The Balaban J connectivity index is 1.86. The average molecular weight is 338 g/mol. The Hall–Kier alpha value is -2.35. The smallest absolute Gasteiger partial charge is 0.157 e. The molecule has 0 spiro atoms. The third kappa shape index (κ3) is 2.66. The van der Waals surface area contributed by atoms with Gasteiger partial charge in [-0.2, -0.15) is 0 Å². The lowest BCUT2D eigenvalue weighted by atomic mass is 9.82. The second-order valence-corrected chi connectivity index (χ2v) is 6.60. The lowest BCUT2D eigenvalue weighted by Gasteiger charge is -2.40. The summed E-state index contributed by atoms with van der Waals surface area (Å²) in [7, 11) is 0. The predicted molar refractivity (Wildman–Crippen MR) is 93.6 cm³/mol. The zero-order valence-electron chi connectivity index (χ0n) is 12.9. The highest BCUT2D eigenvalue weighted by Crippen LogP contribution is 2.49. The first-order valence-corrected chi connectivity index (χ1v) is 8.32. The van der Waals surface area contributed by atoms with Crippen molar-refractivity contribution in [2.24, 2.45) is 5.92 Å². The number of aromatic nitrogens is 1. The van der Waals surface area contributed by atoms with E-state index in [1.807, 2.05) is 30.3 Å². The molecule has 4 rings (SSSR count). The highest BCUT2D eigenvalue weighted by molar-refractivity contribution is 6.30. The molecule has 120 valence electrons. The van der Waals surface area contributed by atoms with Gasteiger partial charge in [-0.1, -0.05) is 23.4 Å². The minimum Gasteiger partial charge on any atom is -0.364 e. The number of fused-ring (bicyclic) bond motifs is 1. The van der Waals surface area contributed by atoms with Crippen LogP contribution in [0.25, 0.3) is 0 Å². The number of hydrogen-bond acceptors (Lipinski definition) is 4. The van der Waals surface area contributed by atoms with Crippen LogP contribution < -0.4 is 10.6 Å². The number of aldehydes is 1. The maximum absolute atomic E-state index is 11.4. The van der Waals surface area contributed by atoms with E-state index in [1.165, 1.54) is 0 Å². The van der Waals surface area contributed by atoms with Gasteiger partial charge in [0.1, 0.15) is 11.7 Å². The molecule has 2 aliphatic rings. The van der Waals surface area contributed by atoms with Crippen molar-refractivity contribution in [2.75, 3.05) is 5.32 Å². The monoisotopic (exact) mass is 337 g/mol. The summed E-state index contributed by atoms with van der Waals surface area (Å²) in [5.74, 6) is 7.03. The predicted octanol–water partition coefficient (Wildman–Crippen LogP) is 2.93. The van der Waals surface area contributed by atoms with Gasteiger partial charge < -0.3 is 5.32 Å². The van der Waals surface area contributed by atoms with Crippen LogP contribution in [0.15, 0.2) is 42.7 Å².